The van der Waals surface area contributed by atoms with Gasteiger partial charge < -0.3 is 9.64 Å². The van der Waals surface area contributed by atoms with Crippen LogP contribution in [0.3, 0.4) is 0 Å². The summed E-state index contributed by atoms with van der Waals surface area (Å²) in [6.45, 7) is 0.458. The third kappa shape index (κ3) is 3.37. The molecule has 1 saturated heterocycles. The Labute approximate surface area is 162 Å². The molecule has 1 aliphatic rings. The van der Waals surface area contributed by atoms with Gasteiger partial charge >= 0.3 is 6.18 Å². The molecule has 0 spiro atoms. The van der Waals surface area contributed by atoms with Crippen molar-refractivity contribution in [2.75, 3.05) is 20.3 Å². The minimum Gasteiger partial charge on any atom is -0.375 e. The minimum atomic E-state index is -4.59. The van der Waals surface area contributed by atoms with E-state index >= 15 is 0 Å². The zero-order valence-corrected chi connectivity index (χ0v) is 15.8. The highest BCUT2D eigenvalue weighted by atomic mass is 32.1. The van der Waals surface area contributed by atoms with Gasteiger partial charge in [-0.3, -0.25) is 4.79 Å². The number of aromatic nitrogens is 3. The molecular formula is C18H17F3N4O2S. The van der Waals surface area contributed by atoms with E-state index in [1.54, 1.807) is 22.4 Å². The number of hydrogen-bond donors (Lipinski definition) is 0. The van der Waals surface area contributed by atoms with Crippen LogP contribution in [0.15, 0.2) is 29.6 Å². The number of methoxy groups -OCH3 is 1. The number of nitrogens with zero attached hydrogens (tertiary/aromatic N) is 4. The van der Waals surface area contributed by atoms with E-state index in [1.807, 2.05) is 0 Å². The molecule has 4 heterocycles. The second-order valence-corrected chi connectivity index (χ2v) is 7.47. The molecular weight excluding hydrogens is 393 g/mol. The van der Waals surface area contributed by atoms with Gasteiger partial charge in [0.25, 0.3) is 0 Å². The summed E-state index contributed by atoms with van der Waals surface area (Å²) in [6.07, 6.45) is -3.19. The van der Waals surface area contributed by atoms with Crippen molar-refractivity contribution in [2.24, 2.45) is 0 Å². The highest BCUT2D eigenvalue weighted by molar-refractivity contribution is 7.13. The van der Waals surface area contributed by atoms with Crippen molar-refractivity contribution in [3.63, 3.8) is 0 Å². The fraction of sp³-hybridized carbons (Fsp3) is 0.389. The summed E-state index contributed by atoms with van der Waals surface area (Å²) in [5.41, 5.74) is -0.123. The Balaban J connectivity index is 1.81. The maximum absolute atomic E-state index is 13.7. The van der Waals surface area contributed by atoms with E-state index in [1.165, 1.54) is 24.5 Å². The first-order valence-corrected chi connectivity index (χ1v) is 9.56. The fourth-order valence-corrected chi connectivity index (χ4v) is 4.17. The van der Waals surface area contributed by atoms with Crippen molar-refractivity contribution in [1.82, 2.24) is 19.5 Å². The normalized spacial score (nSPS) is 17.6. The van der Waals surface area contributed by atoms with Crippen LogP contribution < -0.4 is 0 Å². The van der Waals surface area contributed by atoms with Crippen molar-refractivity contribution in [2.45, 2.75) is 25.1 Å². The first kappa shape index (κ1) is 18.9. The average Bonchev–Trinajstić information content (AvgIpc) is 3.38. The zero-order valence-electron chi connectivity index (χ0n) is 14.9. The van der Waals surface area contributed by atoms with E-state index < -0.39 is 11.9 Å². The molecule has 3 aromatic heterocycles. The Morgan fingerprint density at radius 2 is 2.21 bits per heavy atom. The second kappa shape index (κ2) is 7.17. The van der Waals surface area contributed by atoms with Gasteiger partial charge in [-0.15, -0.1) is 11.3 Å². The molecule has 0 aromatic carbocycles. The molecule has 0 bridgehead atoms. The number of amides is 1. The number of thiophene rings is 1. The smallest absolute Gasteiger partial charge is 0.375 e. The molecule has 0 radical (unpaired) electrons. The number of alkyl halides is 3. The van der Waals surface area contributed by atoms with Gasteiger partial charge in [-0.25, -0.2) is 9.50 Å². The standard InChI is InChI=1S/C18H17F3N4O2S/c1-27-10-17(26)24-6-2-4-13(24)11-9-16-22-12(14-5-3-7-28-14)8-15(18(19,20)21)25(16)23-11/h3,5,7-9,13H,2,4,6,10H2,1H3. The molecule has 1 unspecified atom stereocenters. The molecule has 0 saturated carbocycles. The summed E-state index contributed by atoms with van der Waals surface area (Å²) in [5, 5.41) is 5.97. The van der Waals surface area contributed by atoms with Gasteiger partial charge in [0, 0.05) is 19.7 Å². The quantitative estimate of drug-likeness (QED) is 0.657. The molecule has 0 N–H and O–H groups in total. The van der Waals surface area contributed by atoms with E-state index in [0.29, 0.717) is 23.5 Å². The molecule has 1 aliphatic heterocycles. The third-order valence-electron chi connectivity index (χ3n) is 4.69. The van der Waals surface area contributed by atoms with Crippen LogP contribution in [0, 0.1) is 0 Å². The van der Waals surface area contributed by atoms with Crippen LogP contribution in [0.2, 0.25) is 0 Å². The lowest BCUT2D eigenvalue weighted by Gasteiger charge is -2.22. The highest BCUT2D eigenvalue weighted by Gasteiger charge is 2.37. The summed E-state index contributed by atoms with van der Waals surface area (Å²) in [7, 11) is 1.43. The van der Waals surface area contributed by atoms with Gasteiger partial charge in [0.2, 0.25) is 5.91 Å². The lowest BCUT2D eigenvalue weighted by atomic mass is 10.1. The largest absolute Gasteiger partial charge is 0.433 e. The van der Waals surface area contributed by atoms with Crippen LogP contribution in [-0.4, -0.2) is 45.7 Å². The lowest BCUT2D eigenvalue weighted by Crippen LogP contribution is -2.33. The van der Waals surface area contributed by atoms with Crippen molar-refractivity contribution >= 4 is 22.9 Å². The van der Waals surface area contributed by atoms with Crippen LogP contribution in [-0.2, 0) is 15.7 Å². The van der Waals surface area contributed by atoms with Gasteiger partial charge in [0.05, 0.1) is 22.3 Å². The van der Waals surface area contributed by atoms with E-state index in [0.717, 1.165) is 17.0 Å². The van der Waals surface area contributed by atoms with Gasteiger partial charge in [0.1, 0.15) is 6.61 Å². The third-order valence-corrected chi connectivity index (χ3v) is 5.58. The summed E-state index contributed by atoms with van der Waals surface area (Å²) in [6, 6.07) is 5.66. The predicted molar refractivity (Wildman–Crippen MR) is 96.9 cm³/mol. The lowest BCUT2D eigenvalue weighted by molar-refractivity contribution is -0.142. The van der Waals surface area contributed by atoms with Gasteiger partial charge in [-0.05, 0) is 30.4 Å². The van der Waals surface area contributed by atoms with E-state index in [-0.39, 0.29) is 29.9 Å². The molecule has 1 amide bonds. The highest BCUT2D eigenvalue weighted by Crippen LogP contribution is 2.36. The van der Waals surface area contributed by atoms with Gasteiger partial charge in [0.15, 0.2) is 11.3 Å². The number of hydrogen-bond acceptors (Lipinski definition) is 5. The van der Waals surface area contributed by atoms with Crippen LogP contribution in [0.4, 0.5) is 13.2 Å². The van der Waals surface area contributed by atoms with E-state index in [4.69, 9.17) is 4.74 Å². The van der Waals surface area contributed by atoms with Crippen molar-refractivity contribution in [3.8, 4) is 10.6 Å². The summed E-state index contributed by atoms with van der Waals surface area (Å²) in [5.74, 6) is -0.203. The number of carbonyl (C=O) groups is 1. The second-order valence-electron chi connectivity index (χ2n) is 6.52. The van der Waals surface area contributed by atoms with Gasteiger partial charge in [-0.1, -0.05) is 6.07 Å². The Kier molecular flexibility index (Phi) is 4.84. The van der Waals surface area contributed by atoms with Crippen LogP contribution in [0.5, 0.6) is 0 Å². The number of likely N-dealkylation sites (tertiary alicyclic amines) is 1. The number of fused-ring (bicyclic) bond motifs is 1. The van der Waals surface area contributed by atoms with Crippen molar-refractivity contribution < 1.29 is 22.7 Å². The molecule has 28 heavy (non-hydrogen) atoms. The SMILES string of the molecule is COCC(=O)N1CCCC1c1cc2nc(-c3cccs3)cc(C(F)(F)F)n2n1. The fourth-order valence-electron chi connectivity index (χ4n) is 3.49. The van der Waals surface area contributed by atoms with Crippen LogP contribution in [0.1, 0.15) is 30.3 Å². The number of carbonyl (C=O) groups excluding carboxylic acids is 1. The first-order chi connectivity index (χ1) is 13.4. The number of ether oxygens (including phenoxy) is 1. The summed E-state index contributed by atoms with van der Waals surface area (Å²) >= 11 is 1.32. The molecule has 3 aromatic rings. The van der Waals surface area contributed by atoms with Crippen molar-refractivity contribution in [1.29, 1.82) is 0 Å². The summed E-state index contributed by atoms with van der Waals surface area (Å²) in [4.78, 5) is 18.9. The topological polar surface area (TPSA) is 59.7 Å². The molecule has 1 atom stereocenters. The molecule has 148 valence electrons. The summed E-state index contributed by atoms with van der Waals surface area (Å²) < 4.78 is 46.7. The maximum atomic E-state index is 13.7. The molecule has 4 rings (SSSR count). The Hall–Kier alpha value is -2.46. The van der Waals surface area contributed by atoms with Crippen molar-refractivity contribution in [3.05, 3.63) is 41.0 Å². The van der Waals surface area contributed by atoms with Gasteiger partial charge in [-0.2, -0.15) is 18.3 Å². The zero-order chi connectivity index (χ0) is 19.9. The first-order valence-electron chi connectivity index (χ1n) is 8.68. The van der Waals surface area contributed by atoms with Crippen LogP contribution >= 0.6 is 11.3 Å². The molecule has 6 nitrogen and oxygen atoms in total. The van der Waals surface area contributed by atoms with E-state index in [2.05, 4.69) is 10.1 Å². The number of halogens is 3. The Morgan fingerprint density at radius 3 is 2.89 bits per heavy atom. The molecule has 0 aliphatic carbocycles. The monoisotopic (exact) mass is 410 g/mol. The molecule has 10 heteroatoms. The number of rotatable bonds is 4. The van der Waals surface area contributed by atoms with Crippen LogP contribution in [0.25, 0.3) is 16.2 Å². The predicted octanol–water partition coefficient (Wildman–Crippen LogP) is 3.79. The minimum absolute atomic E-state index is 0.0710. The Bertz CT molecular complexity index is 1000. The Morgan fingerprint density at radius 1 is 1.39 bits per heavy atom. The maximum Gasteiger partial charge on any atom is 0.433 e. The van der Waals surface area contributed by atoms with E-state index in [9.17, 15) is 18.0 Å². The average molecular weight is 410 g/mol. The molecule has 1 fully saturated rings.